The highest BCUT2D eigenvalue weighted by Crippen LogP contribution is 2.40. The van der Waals surface area contributed by atoms with Gasteiger partial charge in [0.2, 0.25) is 0 Å². The first-order valence-corrected chi connectivity index (χ1v) is 9.14. The number of likely N-dealkylation sites (tertiary alicyclic amines) is 1. The summed E-state index contributed by atoms with van der Waals surface area (Å²) in [5.41, 5.74) is 2.39. The molecule has 0 saturated carbocycles. The van der Waals surface area contributed by atoms with E-state index in [0.29, 0.717) is 5.41 Å². The molecular formula is C21H24N4. The number of nitrogens with zero attached hydrogens (tertiary/aromatic N) is 4. The lowest BCUT2D eigenvalue weighted by Gasteiger charge is -2.41. The van der Waals surface area contributed by atoms with Crippen LogP contribution in [-0.2, 0) is 6.54 Å². The molecular weight excluding hydrogens is 308 g/mol. The second-order valence-corrected chi connectivity index (χ2v) is 7.49. The summed E-state index contributed by atoms with van der Waals surface area (Å²) in [7, 11) is 0. The third-order valence-electron chi connectivity index (χ3n) is 5.61. The Hall–Kier alpha value is -2.38. The first kappa shape index (κ1) is 16.1. The number of anilines is 1. The Morgan fingerprint density at radius 3 is 2.88 bits per heavy atom. The van der Waals surface area contributed by atoms with E-state index in [-0.39, 0.29) is 0 Å². The zero-order valence-electron chi connectivity index (χ0n) is 14.6. The van der Waals surface area contributed by atoms with Crippen LogP contribution in [0.15, 0.2) is 48.7 Å². The summed E-state index contributed by atoms with van der Waals surface area (Å²) in [6.07, 6.45) is 5.70. The monoisotopic (exact) mass is 332 g/mol. The molecule has 2 fully saturated rings. The molecule has 4 nitrogen and oxygen atoms in total. The van der Waals surface area contributed by atoms with Gasteiger partial charge in [0, 0.05) is 37.8 Å². The molecule has 1 atom stereocenters. The van der Waals surface area contributed by atoms with Gasteiger partial charge in [0.25, 0.3) is 0 Å². The summed E-state index contributed by atoms with van der Waals surface area (Å²) >= 11 is 0. The number of piperidine rings is 1. The van der Waals surface area contributed by atoms with Gasteiger partial charge in [-0.2, -0.15) is 5.26 Å². The number of aromatic nitrogens is 1. The average molecular weight is 332 g/mol. The van der Waals surface area contributed by atoms with E-state index in [1.165, 1.54) is 24.8 Å². The highest BCUT2D eigenvalue weighted by molar-refractivity contribution is 5.39. The molecule has 3 heterocycles. The van der Waals surface area contributed by atoms with Crippen molar-refractivity contribution in [2.45, 2.75) is 25.8 Å². The van der Waals surface area contributed by atoms with Gasteiger partial charge < -0.3 is 4.90 Å². The van der Waals surface area contributed by atoms with E-state index >= 15 is 0 Å². The number of benzene rings is 1. The Kier molecular flexibility index (Phi) is 4.42. The smallest absolute Gasteiger partial charge is 0.128 e. The molecule has 0 bridgehead atoms. The lowest BCUT2D eigenvalue weighted by Crippen LogP contribution is -2.45. The van der Waals surface area contributed by atoms with Gasteiger partial charge in [-0.05, 0) is 55.6 Å². The summed E-state index contributed by atoms with van der Waals surface area (Å²) in [6.45, 7) is 5.46. The van der Waals surface area contributed by atoms with E-state index in [1.54, 1.807) is 0 Å². The van der Waals surface area contributed by atoms with Crippen molar-refractivity contribution in [1.82, 2.24) is 9.88 Å². The van der Waals surface area contributed by atoms with Crippen LogP contribution in [-0.4, -0.2) is 36.1 Å². The van der Waals surface area contributed by atoms with E-state index in [2.05, 4.69) is 39.1 Å². The third kappa shape index (κ3) is 3.52. The van der Waals surface area contributed by atoms with Crippen molar-refractivity contribution in [2.24, 2.45) is 5.41 Å². The largest absolute Gasteiger partial charge is 0.356 e. The number of hydrogen-bond acceptors (Lipinski definition) is 4. The molecule has 1 aromatic carbocycles. The lowest BCUT2D eigenvalue weighted by molar-refractivity contribution is 0.216. The van der Waals surface area contributed by atoms with Crippen LogP contribution in [0.5, 0.6) is 0 Å². The van der Waals surface area contributed by atoms with Crippen LogP contribution >= 0.6 is 0 Å². The van der Waals surface area contributed by atoms with Crippen LogP contribution in [0.2, 0.25) is 0 Å². The molecule has 4 heteroatoms. The van der Waals surface area contributed by atoms with Crippen LogP contribution in [0.1, 0.15) is 30.4 Å². The van der Waals surface area contributed by atoms with E-state index in [9.17, 15) is 0 Å². The molecule has 0 unspecified atom stereocenters. The van der Waals surface area contributed by atoms with Crippen molar-refractivity contribution in [1.29, 1.82) is 5.26 Å². The van der Waals surface area contributed by atoms with Gasteiger partial charge in [-0.3, -0.25) is 4.90 Å². The van der Waals surface area contributed by atoms with Crippen molar-refractivity contribution >= 4 is 5.82 Å². The van der Waals surface area contributed by atoms with Crippen molar-refractivity contribution in [2.75, 3.05) is 31.1 Å². The maximum atomic E-state index is 9.08. The fourth-order valence-electron chi connectivity index (χ4n) is 4.44. The van der Waals surface area contributed by atoms with Gasteiger partial charge in [0.1, 0.15) is 5.82 Å². The summed E-state index contributed by atoms with van der Waals surface area (Å²) in [4.78, 5) is 9.56. The Balaban J connectivity index is 1.43. The summed E-state index contributed by atoms with van der Waals surface area (Å²) < 4.78 is 0. The number of rotatable bonds is 3. The third-order valence-corrected chi connectivity index (χ3v) is 5.61. The molecule has 0 radical (unpaired) electrons. The highest BCUT2D eigenvalue weighted by Gasteiger charge is 2.41. The molecule has 0 N–H and O–H groups in total. The van der Waals surface area contributed by atoms with Gasteiger partial charge in [0.05, 0.1) is 11.6 Å². The minimum atomic E-state index is 0.391. The second-order valence-electron chi connectivity index (χ2n) is 7.49. The predicted octanol–water partition coefficient (Wildman–Crippen LogP) is 3.45. The van der Waals surface area contributed by atoms with Crippen molar-refractivity contribution < 1.29 is 0 Å². The van der Waals surface area contributed by atoms with Crippen LogP contribution in [0.4, 0.5) is 5.82 Å². The topological polar surface area (TPSA) is 43.2 Å². The number of pyridine rings is 1. The van der Waals surface area contributed by atoms with Gasteiger partial charge in [-0.25, -0.2) is 4.98 Å². The average Bonchev–Trinajstić information content (AvgIpc) is 3.04. The molecule has 4 rings (SSSR count). The fraction of sp³-hybridized carbons (Fsp3) is 0.429. The molecule has 1 spiro atoms. The molecule has 2 saturated heterocycles. The van der Waals surface area contributed by atoms with E-state index in [1.807, 2.05) is 30.5 Å². The first-order chi connectivity index (χ1) is 12.3. The SMILES string of the molecule is N#Cc1cccc(CN2CC[C@@]3(CCCN(c4ccccn4)C3)C2)c1. The van der Waals surface area contributed by atoms with Crippen molar-refractivity contribution in [3.05, 3.63) is 59.8 Å². The predicted molar refractivity (Wildman–Crippen MR) is 99.2 cm³/mol. The molecule has 0 aliphatic carbocycles. The minimum absolute atomic E-state index is 0.391. The Morgan fingerprint density at radius 1 is 1.08 bits per heavy atom. The Morgan fingerprint density at radius 2 is 2.04 bits per heavy atom. The van der Waals surface area contributed by atoms with E-state index in [0.717, 1.165) is 44.1 Å². The van der Waals surface area contributed by atoms with Crippen LogP contribution < -0.4 is 4.90 Å². The van der Waals surface area contributed by atoms with Crippen molar-refractivity contribution in [3.63, 3.8) is 0 Å². The Labute approximate surface area is 149 Å². The zero-order valence-corrected chi connectivity index (χ0v) is 14.6. The second kappa shape index (κ2) is 6.85. The maximum Gasteiger partial charge on any atom is 0.128 e. The number of hydrogen-bond donors (Lipinski definition) is 0. The van der Waals surface area contributed by atoms with E-state index < -0.39 is 0 Å². The summed E-state index contributed by atoms with van der Waals surface area (Å²) in [6, 6.07) is 16.4. The van der Waals surface area contributed by atoms with Gasteiger partial charge in [-0.15, -0.1) is 0 Å². The minimum Gasteiger partial charge on any atom is -0.356 e. The molecule has 2 aromatic rings. The molecule has 0 amide bonds. The summed E-state index contributed by atoms with van der Waals surface area (Å²) in [5, 5.41) is 9.08. The fourth-order valence-corrected chi connectivity index (χ4v) is 4.44. The number of nitriles is 1. The van der Waals surface area contributed by atoms with E-state index in [4.69, 9.17) is 5.26 Å². The molecule has 1 aromatic heterocycles. The quantitative estimate of drug-likeness (QED) is 0.863. The normalized spacial score (nSPS) is 23.7. The Bertz CT molecular complexity index is 767. The van der Waals surface area contributed by atoms with Crippen molar-refractivity contribution in [3.8, 4) is 6.07 Å². The molecule has 2 aliphatic heterocycles. The highest BCUT2D eigenvalue weighted by atomic mass is 15.2. The van der Waals surface area contributed by atoms with Gasteiger partial charge in [-0.1, -0.05) is 18.2 Å². The molecule has 25 heavy (non-hydrogen) atoms. The van der Waals surface area contributed by atoms with Crippen LogP contribution in [0, 0.1) is 16.7 Å². The maximum absolute atomic E-state index is 9.08. The lowest BCUT2D eigenvalue weighted by atomic mass is 9.79. The zero-order chi connectivity index (χ0) is 17.1. The first-order valence-electron chi connectivity index (χ1n) is 9.14. The van der Waals surface area contributed by atoms with Gasteiger partial charge in [0.15, 0.2) is 0 Å². The summed E-state index contributed by atoms with van der Waals surface area (Å²) in [5.74, 6) is 1.11. The van der Waals surface area contributed by atoms with Gasteiger partial charge >= 0.3 is 0 Å². The van der Waals surface area contributed by atoms with Crippen LogP contribution in [0.25, 0.3) is 0 Å². The standard InChI is InChI=1S/C21H24N4/c22-14-18-5-3-6-19(13-18)15-24-12-9-21(16-24)8-4-11-25(17-21)20-7-1-2-10-23-20/h1-3,5-7,10,13H,4,8-9,11-12,15-17H2/t21-/m0/s1. The molecule has 128 valence electrons. The molecule has 2 aliphatic rings. The van der Waals surface area contributed by atoms with Crippen LogP contribution in [0.3, 0.4) is 0 Å².